The molecule has 0 fully saturated rings. The molecule has 3 nitrogen and oxygen atoms in total. The van der Waals surface area contributed by atoms with Crippen molar-refractivity contribution in [3.05, 3.63) is 0 Å². The number of thioether (sulfide) groups is 1. The SMILES string of the molecule is CSCC(=O)CCCCCCCCCNCCCN. The van der Waals surface area contributed by atoms with Crippen LogP contribution in [0, 0.1) is 0 Å². The van der Waals surface area contributed by atoms with E-state index in [2.05, 4.69) is 5.32 Å². The van der Waals surface area contributed by atoms with Gasteiger partial charge in [0.25, 0.3) is 0 Å². The van der Waals surface area contributed by atoms with Gasteiger partial charge in [-0.15, -0.1) is 0 Å². The highest BCUT2D eigenvalue weighted by molar-refractivity contribution is 7.99. The quantitative estimate of drug-likeness (QED) is 0.455. The average Bonchev–Trinajstić information content (AvgIpc) is 2.40. The molecule has 0 unspecified atom stereocenters. The summed E-state index contributed by atoms with van der Waals surface area (Å²) in [5, 5.41) is 3.40. The molecule has 0 aromatic heterocycles. The second-order valence-corrected chi connectivity index (χ2v) is 5.95. The summed E-state index contributed by atoms with van der Waals surface area (Å²) in [4.78, 5) is 11.3. The lowest BCUT2D eigenvalue weighted by atomic mass is 10.1. The summed E-state index contributed by atoms with van der Waals surface area (Å²) in [6.07, 6.45) is 12.7. The lowest BCUT2D eigenvalue weighted by Gasteiger charge is -2.04. The first-order valence-corrected chi connectivity index (χ1v) is 9.12. The van der Waals surface area contributed by atoms with Crippen LogP contribution in [0.3, 0.4) is 0 Å². The Morgan fingerprint density at radius 3 is 2.16 bits per heavy atom. The summed E-state index contributed by atoms with van der Waals surface area (Å²) in [5.74, 6) is 1.10. The van der Waals surface area contributed by atoms with Crippen molar-refractivity contribution in [3.8, 4) is 0 Å². The molecular formula is C15H32N2OS. The molecule has 0 aliphatic heterocycles. The molecule has 0 bridgehead atoms. The van der Waals surface area contributed by atoms with E-state index in [-0.39, 0.29) is 0 Å². The van der Waals surface area contributed by atoms with Crippen LogP contribution < -0.4 is 11.1 Å². The number of rotatable bonds is 15. The van der Waals surface area contributed by atoms with E-state index in [9.17, 15) is 4.79 Å². The van der Waals surface area contributed by atoms with Gasteiger partial charge in [-0.25, -0.2) is 0 Å². The number of nitrogens with two attached hydrogens (primary N) is 1. The van der Waals surface area contributed by atoms with Gasteiger partial charge in [0.05, 0.1) is 5.75 Å². The number of hydrogen-bond donors (Lipinski definition) is 2. The van der Waals surface area contributed by atoms with Crippen LogP contribution in [0.2, 0.25) is 0 Å². The predicted octanol–water partition coefficient (Wildman–Crippen LogP) is 2.98. The molecule has 0 saturated carbocycles. The minimum absolute atomic E-state index is 0.413. The molecule has 0 rings (SSSR count). The lowest BCUT2D eigenvalue weighted by Crippen LogP contribution is -2.19. The van der Waals surface area contributed by atoms with Crippen molar-refractivity contribution in [2.45, 2.75) is 57.8 Å². The fraction of sp³-hybridized carbons (Fsp3) is 0.933. The maximum atomic E-state index is 11.3. The second kappa shape index (κ2) is 16.0. The monoisotopic (exact) mass is 288 g/mol. The molecule has 3 N–H and O–H groups in total. The van der Waals surface area contributed by atoms with Crippen molar-refractivity contribution in [2.24, 2.45) is 5.73 Å². The van der Waals surface area contributed by atoms with Crippen LogP contribution in [-0.4, -0.2) is 37.4 Å². The van der Waals surface area contributed by atoms with Crippen LogP contribution in [0.1, 0.15) is 57.8 Å². The molecule has 0 saturated heterocycles. The Labute approximate surface area is 123 Å². The Bertz CT molecular complexity index is 201. The molecule has 0 aromatic rings. The molecule has 19 heavy (non-hydrogen) atoms. The minimum Gasteiger partial charge on any atom is -0.330 e. The van der Waals surface area contributed by atoms with E-state index in [0.29, 0.717) is 11.5 Å². The number of carbonyl (C=O) groups is 1. The minimum atomic E-state index is 0.413. The van der Waals surface area contributed by atoms with Crippen molar-refractivity contribution in [2.75, 3.05) is 31.6 Å². The van der Waals surface area contributed by atoms with Gasteiger partial charge in [0.2, 0.25) is 0 Å². The highest BCUT2D eigenvalue weighted by Gasteiger charge is 1.99. The molecule has 0 heterocycles. The summed E-state index contributed by atoms with van der Waals surface area (Å²) in [6, 6.07) is 0. The molecular weight excluding hydrogens is 256 g/mol. The zero-order valence-corrected chi connectivity index (χ0v) is 13.4. The summed E-state index contributed by atoms with van der Waals surface area (Å²) in [5.41, 5.74) is 5.42. The van der Waals surface area contributed by atoms with Crippen molar-refractivity contribution in [1.29, 1.82) is 0 Å². The lowest BCUT2D eigenvalue weighted by molar-refractivity contribution is -0.116. The smallest absolute Gasteiger partial charge is 0.142 e. The van der Waals surface area contributed by atoms with E-state index >= 15 is 0 Å². The second-order valence-electron chi connectivity index (χ2n) is 5.09. The fourth-order valence-electron chi connectivity index (χ4n) is 2.04. The van der Waals surface area contributed by atoms with Crippen molar-refractivity contribution in [3.63, 3.8) is 0 Å². The van der Waals surface area contributed by atoms with E-state index in [1.54, 1.807) is 11.8 Å². The topological polar surface area (TPSA) is 55.1 Å². The summed E-state index contributed by atoms with van der Waals surface area (Å²) in [7, 11) is 0. The molecule has 114 valence electrons. The molecule has 0 amide bonds. The van der Waals surface area contributed by atoms with E-state index in [1.165, 1.54) is 38.5 Å². The van der Waals surface area contributed by atoms with E-state index < -0.39 is 0 Å². The van der Waals surface area contributed by atoms with Gasteiger partial charge in [-0.3, -0.25) is 4.79 Å². The van der Waals surface area contributed by atoms with Gasteiger partial charge < -0.3 is 11.1 Å². The first-order chi connectivity index (χ1) is 9.31. The number of unbranched alkanes of at least 4 members (excludes halogenated alkanes) is 6. The van der Waals surface area contributed by atoms with Crippen LogP contribution in [0.25, 0.3) is 0 Å². The molecule has 0 spiro atoms. The Hall–Kier alpha value is -0.0600. The number of Topliss-reactive ketones (excluding diaryl/α,β-unsaturated/α-hetero) is 1. The number of hydrogen-bond acceptors (Lipinski definition) is 4. The third-order valence-corrected chi connectivity index (χ3v) is 3.78. The maximum absolute atomic E-state index is 11.3. The summed E-state index contributed by atoms with van der Waals surface area (Å²) < 4.78 is 0. The maximum Gasteiger partial charge on any atom is 0.142 e. The Morgan fingerprint density at radius 1 is 0.947 bits per heavy atom. The first-order valence-electron chi connectivity index (χ1n) is 7.72. The fourth-order valence-corrected chi connectivity index (χ4v) is 2.51. The van der Waals surface area contributed by atoms with Crippen LogP contribution >= 0.6 is 11.8 Å². The number of carbonyl (C=O) groups excluding carboxylic acids is 1. The third-order valence-electron chi connectivity index (χ3n) is 3.17. The molecule has 4 heteroatoms. The van der Waals surface area contributed by atoms with Crippen molar-refractivity contribution in [1.82, 2.24) is 5.32 Å². The van der Waals surface area contributed by atoms with Gasteiger partial charge >= 0.3 is 0 Å². The standard InChI is InChI=1S/C15H32N2OS/c1-19-14-15(18)10-7-5-3-2-4-6-8-12-17-13-9-11-16/h17H,2-14,16H2,1H3. The predicted molar refractivity (Wildman–Crippen MR) is 86.9 cm³/mol. The molecule has 0 aliphatic carbocycles. The van der Waals surface area contributed by atoms with Crippen molar-refractivity contribution < 1.29 is 4.79 Å². The molecule has 0 radical (unpaired) electrons. The normalized spacial score (nSPS) is 10.8. The van der Waals surface area contributed by atoms with Gasteiger partial charge in [0.1, 0.15) is 5.78 Å². The average molecular weight is 289 g/mol. The Kier molecular flexibility index (Phi) is 15.9. The summed E-state index contributed by atoms with van der Waals surface area (Å²) >= 11 is 1.63. The first kappa shape index (κ1) is 18.9. The van der Waals surface area contributed by atoms with E-state index in [0.717, 1.165) is 38.9 Å². The van der Waals surface area contributed by atoms with Gasteiger partial charge in [-0.1, -0.05) is 32.1 Å². The highest BCUT2D eigenvalue weighted by atomic mass is 32.2. The Morgan fingerprint density at radius 2 is 1.53 bits per heavy atom. The summed E-state index contributed by atoms with van der Waals surface area (Å²) in [6.45, 7) is 2.97. The van der Waals surface area contributed by atoms with Gasteiger partial charge in [0, 0.05) is 6.42 Å². The van der Waals surface area contributed by atoms with Crippen LogP contribution in [0.5, 0.6) is 0 Å². The number of nitrogens with one attached hydrogen (secondary N) is 1. The highest BCUT2D eigenvalue weighted by Crippen LogP contribution is 2.09. The zero-order valence-electron chi connectivity index (χ0n) is 12.6. The Balaban J connectivity index is 3.01. The van der Waals surface area contributed by atoms with Gasteiger partial charge in [0.15, 0.2) is 0 Å². The van der Waals surface area contributed by atoms with Gasteiger partial charge in [-0.05, 0) is 45.2 Å². The third kappa shape index (κ3) is 15.9. The van der Waals surface area contributed by atoms with Crippen LogP contribution in [-0.2, 0) is 4.79 Å². The molecule has 0 atom stereocenters. The molecule has 0 aromatic carbocycles. The van der Waals surface area contributed by atoms with Crippen LogP contribution in [0.4, 0.5) is 0 Å². The van der Waals surface area contributed by atoms with E-state index in [1.807, 2.05) is 6.26 Å². The van der Waals surface area contributed by atoms with Crippen molar-refractivity contribution >= 4 is 17.5 Å². The molecule has 0 aliphatic rings. The zero-order chi connectivity index (χ0) is 14.2. The largest absolute Gasteiger partial charge is 0.330 e. The van der Waals surface area contributed by atoms with Crippen LogP contribution in [0.15, 0.2) is 0 Å². The number of ketones is 1. The van der Waals surface area contributed by atoms with E-state index in [4.69, 9.17) is 5.73 Å². The van der Waals surface area contributed by atoms with Gasteiger partial charge in [-0.2, -0.15) is 11.8 Å².